The fourth-order valence-corrected chi connectivity index (χ4v) is 7.70. The molecule has 2 aliphatic rings. The first kappa shape index (κ1) is 45.8. The number of unbranched alkanes of at least 4 members (excludes halogenated alkanes) is 2. The Morgan fingerprint density at radius 3 is 2.20 bits per heavy atom. The van der Waals surface area contributed by atoms with E-state index in [1.54, 1.807) is 0 Å². The summed E-state index contributed by atoms with van der Waals surface area (Å²) in [5.41, 5.74) is 19.5. The van der Waals surface area contributed by atoms with E-state index in [-0.39, 0.29) is 27.2 Å². The molecule has 6 rings (SSSR count). The molecule has 0 radical (unpaired) electrons. The first-order valence-corrected chi connectivity index (χ1v) is 21.5. The third kappa shape index (κ3) is 11.9. The predicted molar refractivity (Wildman–Crippen MR) is 243 cm³/mol. The van der Waals surface area contributed by atoms with Crippen LogP contribution in [0.15, 0.2) is 90.0 Å². The van der Waals surface area contributed by atoms with Gasteiger partial charge in [0.25, 0.3) is 0 Å². The summed E-state index contributed by atoms with van der Waals surface area (Å²) in [4.78, 5) is 43.7. The Balaban J connectivity index is 0.00000207. The molecule has 3 N–H and O–H groups in total. The summed E-state index contributed by atoms with van der Waals surface area (Å²) in [7, 11) is 0. The molecule has 10 nitrogen and oxygen atoms in total. The molecular formula is C49H67N6O4+. The molecule has 4 aromatic rings. The Bertz CT molecular complexity index is 2150. The van der Waals surface area contributed by atoms with Gasteiger partial charge in [0.2, 0.25) is 16.7 Å². The number of nitrogens with one attached hydrogen (secondary N) is 3. The molecule has 0 saturated heterocycles. The number of hydrogen-bond acceptors (Lipinski definition) is 6. The average Bonchev–Trinajstić information content (AvgIpc) is 3.56. The van der Waals surface area contributed by atoms with Gasteiger partial charge in [0.05, 0.1) is 12.2 Å². The van der Waals surface area contributed by atoms with Crippen molar-refractivity contribution in [3.05, 3.63) is 124 Å². The molecule has 0 saturated carbocycles. The molecule has 1 aliphatic heterocycles. The van der Waals surface area contributed by atoms with Gasteiger partial charge in [-0.25, -0.2) is 4.79 Å². The zero-order chi connectivity index (χ0) is 42.7. The van der Waals surface area contributed by atoms with Crippen LogP contribution in [0.5, 0.6) is 0 Å². The molecule has 1 unspecified atom stereocenters. The zero-order valence-corrected chi connectivity index (χ0v) is 36.1. The molecule has 1 atom stereocenters. The summed E-state index contributed by atoms with van der Waals surface area (Å²) in [6.07, 6.45) is 5.32. The number of alkyl carbamates (subject to hydrolysis) is 1. The van der Waals surface area contributed by atoms with Crippen molar-refractivity contribution < 1.29 is 22.0 Å². The first-order valence-electron chi connectivity index (χ1n) is 21.5. The lowest BCUT2D eigenvalue weighted by Gasteiger charge is -2.29. The topological polar surface area (TPSA) is 138 Å². The van der Waals surface area contributed by atoms with Crippen LogP contribution in [0.4, 0.5) is 10.5 Å². The van der Waals surface area contributed by atoms with E-state index in [1.165, 1.54) is 27.8 Å². The SMILES string of the molecule is CC.CC.CCCC(=O)NCCCCc1ccc2c(c1)C(COC(=O)NCCCCC(=O)N1Cc3ccccc3C(N=[N+]=N)=C(C)c3ccccc31)c1cc(C)ccc1-2.[HH].[HH]. The number of rotatable bonds is 15. The van der Waals surface area contributed by atoms with Crippen LogP contribution in [-0.4, -0.2) is 37.6 Å². The number of hydrogen-bond donors (Lipinski definition) is 3. The molecule has 0 fully saturated rings. The van der Waals surface area contributed by atoms with Crippen molar-refractivity contribution in [2.45, 2.75) is 112 Å². The second-order valence-corrected chi connectivity index (χ2v) is 14.4. The fraction of sp³-hybridized carbons (Fsp3) is 0.408. The van der Waals surface area contributed by atoms with E-state index in [9.17, 15) is 14.4 Å². The summed E-state index contributed by atoms with van der Waals surface area (Å²) >= 11 is 0. The lowest BCUT2D eigenvalue weighted by atomic mass is 9.93. The number of anilines is 1. The second kappa shape index (κ2) is 23.5. The van der Waals surface area contributed by atoms with Gasteiger partial charge in [0.1, 0.15) is 12.1 Å². The maximum atomic E-state index is 13.8. The van der Waals surface area contributed by atoms with Crippen LogP contribution in [0, 0.1) is 12.5 Å². The highest BCUT2D eigenvalue weighted by molar-refractivity contribution is 6.01. The Morgan fingerprint density at radius 1 is 0.797 bits per heavy atom. The number of allylic oxidation sites excluding steroid dienone is 1. The van der Waals surface area contributed by atoms with Crippen LogP contribution in [0.25, 0.3) is 22.4 Å². The third-order valence-electron chi connectivity index (χ3n) is 10.5. The molecule has 0 spiro atoms. The van der Waals surface area contributed by atoms with Gasteiger partial charge < -0.3 is 20.3 Å². The Labute approximate surface area is 354 Å². The summed E-state index contributed by atoms with van der Waals surface area (Å²) in [6, 6.07) is 28.7. The summed E-state index contributed by atoms with van der Waals surface area (Å²) < 4.78 is 5.84. The van der Waals surface area contributed by atoms with Crippen molar-refractivity contribution in [3.63, 3.8) is 0 Å². The largest absolute Gasteiger partial charge is 0.449 e. The average molecular weight is 804 g/mol. The molecule has 10 heteroatoms. The highest BCUT2D eigenvalue weighted by atomic mass is 16.5. The van der Waals surface area contributed by atoms with E-state index < -0.39 is 6.09 Å². The quantitative estimate of drug-likeness (QED) is 0.0625. The molecule has 0 aromatic heterocycles. The van der Waals surface area contributed by atoms with Gasteiger partial charge in [0, 0.05) is 45.8 Å². The number of fused-ring (bicyclic) bond motifs is 5. The van der Waals surface area contributed by atoms with Gasteiger partial charge in [-0.1, -0.05) is 119 Å². The standard InChI is InChI=1S/C45H50N6O4.2C2H6.2H2/c1-4-13-42(52)47-24-11-9-14-32-21-23-37-36-22-20-30(2)26-38(36)40(39(37)27-32)29-55-45(54)48-25-12-10-19-43(53)51-28-33-15-5-6-17-35(33)44(49-50-46)31(3)34-16-7-8-18-41(34)51;2*1-2;;/h5-8,15-18,20-23,26-27,40,46H,4,9-14,19,24-25,28-29H2,1-3H3,(H-,47,48,52,54);2*1-2H3;2*1H/p+1. The Morgan fingerprint density at radius 2 is 1.46 bits per heavy atom. The lowest BCUT2D eigenvalue weighted by Crippen LogP contribution is -2.32. The molecule has 1 heterocycles. The van der Waals surface area contributed by atoms with Crippen LogP contribution >= 0.6 is 0 Å². The van der Waals surface area contributed by atoms with Gasteiger partial charge in [0.15, 0.2) is 10.8 Å². The molecule has 0 bridgehead atoms. The Kier molecular flexibility index (Phi) is 18.3. The third-order valence-corrected chi connectivity index (χ3v) is 10.5. The van der Waals surface area contributed by atoms with E-state index in [2.05, 4.69) is 64.0 Å². The summed E-state index contributed by atoms with van der Waals surface area (Å²) in [5.74, 6) is 0.0540. The number of carbonyl (C=O) groups is 3. The highest BCUT2D eigenvalue weighted by Crippen LogP contribution is 2.46. The number of carbonyl (C=O) groups excluding carboxylic acids is 3. The maximum Gasteiger partial charge on any atom is 0.407 e. The monoisotopic (exact) mass is 804 g/mol. The smallest absolute Gasteiger partial charge is 0.407 e. The van der Waals surface area contributed by atoms with Crippen molar-refractivity contribution in [2.24, 2.45) is 5.11 Å². The van der Waals surface area contributed by atoms with Crippen LogP contribution in [0.2, 0.25) is 0 Å². The van der Waals surface area contributed by atoms with Crippen molar-refractivity contribution in [3.8, 4) is 11.1 Å². The maximum absolute atomic E-state index is 13.8. The van der Waals surface area contributed by atoms with Gasteiger partial charge in [-0.2, -0.15) is 0 Å². The van der Waals surface area contributed by atoms with E-state index in [4.69, 9.17) is 10.3 Å². The number of nitrogens with zero attached hydrogens (tertiary/aromatic N) is 3. The molecule has 4 aromatic carbocycles. The lowest BCUT2D eigenvalue weighted by molar-refractivity contribution is -0.121. The normalized spacial score (nSPS) is 13.3. The van der Waals surface area contributed by atoms with Gasteiger partial charge in [-0.3, -0.25) is 9.59 Å². The number of ether oxygens (including phenoxy) is 1. The van der Waals surface area contributed by atoms with Gasteiger partial charge >= 0.3 is 6.09 Å². The molecule has 1 aliphatic carbocycles. The van der Waals surface area contributed by atoms with Crippen molar-refractivity contribution in [1.82, 2.24) is 15.5 Å². The molecule has 59 heavy (non-hydrogen) atoms. The van der Waals surface area contributed by atoms with E-state index in [1.807, 2.05) is 95.0 Å². The minimum Gasteiger partial charge on any atom is -0.449 e. The van der Waals surface area contributed by atoms with E-state index in [0.717, 1.165) is 59.2 Å². The second-order valence-electron chi connectivity index (χ2n) is 14.4. The number of amides is 3. The predicted octanol–water partition coefficient (Wildman–Crippen LogP) is 11.8. The summed E-state index contributed by atoms with van der Waals surface area (Å²) in [6.45, 7) is 15.7. The van der Waals surface area contributed by atoms with Gasteiger partial charge in [-0.05, 0) is 97.4 Å². The van der Waals surface area contributed by atoms with Gasteiger partial charge in [-0.15, -0.1) is 0 Å². The van der Waals surface area contributed by atoms with E-state index >= 15 is 0 Å². The first-order chi connectivity index (χ1) is 28.8. The minimum atomic E-state index is -0.465. The van der Waals surface area contributed by atoms with Crippen molar-refractivity contribution >= 4 is 34.9 Å². The minimum absolute atomic E-state index is 0. The van der Waals surface area contributed by atoms with E-state index in [0.29, 0.717) is 51.0 Å². The zero-order valence-electron chi connectivity index (χ0n) is 36.1. The Hall–Kier alpha value is -5.86. The number of aryl methyl sites for hydroxylation is 2. The number of benzene rings is 4. The summed E-state index contributed by atoms with van der Waals surface area (Å²) in [5, 5.41) is 10.1. The van der Waals surface area contributed by atoms with Crippen LogP contribution < -0.4 is 20.4 Å². The number of para-hydroxylation sites is 1. The molecule has 316 valence electrons. The van der Waals surface area contributed by atoms with Crippen LogP contribution in [0.3, 0.4) is 0 Å². The van der Waals surface area contributed by atoms with Crippen LogP contribution in [-0.2, 0) is 27.3 Å². The highest BCUT2D eigenvalue weighted by Gasteiger charge is 2.31. The molecular weight excluding hydrogens is 737 g/mol. The van der Waals surface area contributed by atoms with Crippen molar-refractivity contribution in [1.29, 1.82) is 5.53 Å². The molecule has 3 amide bonds. The van der Waals surface area contributed by atoms with Crippen molar-refractivity contribution in [2.75, 3.05) is 24.6 Å². The fourth-order valence-electron chi connectivity index (χ4n) is 7.70. The van der Waals surface area contributed by atoms with Crippen LogP contribution in [0.1, 0.15) is 134 Å².